The van der Waals surface area contributed by atoms with Gasteiger partial charge in [0.2, 0.25) is 5.78 Å². The van der Waals surface area contributed by atoms with Crippen molar-refractivity contribution < 1.29 is 9.53 Å². The highest BCUT2D eigenvalue weighted by molar-refractivity contribution is 7.17. The Labute approximate surface area is 178 Å². The Kier molecular flexibility index (Phi) is 5.81. The molecule has 4 rings (SSSR count). The van der Waals surface area contributed by atoms with E-state index in [0.717, 1.165) is 23.8 Å². The number of anilines is 1. The zero-order chi connectivity index (χ0) is 21.1. The number of hydrogen-bond acceptors (Lipinski definition) is 8. The van der Waals surface area contributed by atoms with Crippen molar-refractivity contribution in [2.24, 2.45) is 5.73 Å². The van der Waals surface area contributed by atoms with Gasteiger partial charge in [0.25, 0.3) is 0 Å². The van der Waals surface area contributed by atoms with E-state index < -0.39 is 0 Å². The van der Waals surface area contributed by atoms with E-state index >= 15 is 0 Å². The molecule has 1 saturated heterocycles. The number of morpholine rings is 1. The molecule has 30 heavy (non-hydrogen) atoms. The SMILES string of the molecule is [C-]#[N+]c1ccc(-c2ncc(CN)cn2)c(C(=O)c2sc(N3CCOCC3)nc2C)c1. The number of nitrogens with zero attached hydrogens (tertiary/aromatic N) is 5. The normalized spacial score (nSPS) is 13.8. The number of carbonyl (C=O) groups is 1. The predicted octanol–water partition coefficient (Wildman–Crippen LogP) is 2.99. The second kappa shape index (κ2) is 8.67. The third kappa shape index (κ3) is 3.93. The maximum atomic E-state index is 13.5. The average Bonchev–Trinajstić information content (AvgIpc) is 3.20. The second-order valence-corrected chi connectivity index (χ2v) is 7.78. The van der Waals surface area contributed by atoms with Crippen LogP contribution in [0.1, 0.15) is 26.5 Å². The van der Waals surface area contributed by atoms with Gasteiger partial charge in [-0.05, 0) is 13.0 Å². The molecule has 152 valence electrons. The number of rotatable bonds is 5. The molecular weight excluding hydrogens is 400 g/mol. The molecule has 8 nitrogen and oxygen atoms in total. The number of ketones is 1. The molecule has 0 unspecified atom stereocenters. The summed E-state index contributed by atoms with van der Waals surface area (Å²) in [6.07, 6.45) is 3.29. The summed E-state index contributed by atoms with van der Waals surface area (Å²) in [5.74, 6) is 0.235. The van der Waals surface area contributed by atoms with Crippen LogP contribution >= 0.6 is 11.3 Å². The summed E-state index contributed by atoms with van der Waals surface area (Å²) in [7, 11) is 0. The van der Waals surface area contributed by atoms with Gasteiger partial charge < -0.3 is 15.4 Å². The molecule has 2 aromatic heterocycles. The van der Waals surface area contributed by atoms with Gasteiger partial charge in [-0.2, -0.15) is 0 Å². The van der Waals surface area contributed by atoms with Gasteiger partial charge >= 0.3 is 0 Å². The first-order valence-corrected chi connectivity index (χ1v) is 10.3. The number of hydrogen-bond donors (Lipinski definition) is 1. The van der Waals surface area contributed by atoms with Crippen molar-refractivity contribution in [3.05, 3.63) is 63.7 Å². The van der Waals surface area contributed by atoms with Crippen LogP contribution in [-0.2, 0) is 11.3 Å². The number of carbonyl (C=O) groups excluding carboxylic acids is 1. The molecule has 0 bridgehead atoms. The summed E-state index contributed by atoms with van der Waals surface area (Å²) in [5, 5.41) is 0.811. The van der Waals surface area contributed by atoms with Gasteiger partial charge in [0.1, 0.15) is 0 Å². The number of nitrogens with two attached hydrogens (primary N) is 1. The van der Waals surface area contributed by atoms with E-state index in [1.54, 1.807) is 30.6 Å². The first kappa shape index (κ1) is 20.1. The van der Waals surface area contributed by atoms with Crippen molar-refractivity contribution in [3.8, 4) is 11.4 Å². The summed E-state index contributed by atoms with van der Waals surface area (Å²) < 4.78 is 5.40. The molecule has 0 radical (unpaired) electrons. The van der Waals surface area contributed by atoms with Crippen LogP contribution in [0.2, 0.25) is 0 Å². The third-order valence-corrected chi connectivity index (χ3v) is 6.05. The highest BCUT2D eigenvalue weighted by Crippen LogP contribution is 2.33. The molecule has 0 amide bonds. The number of aryl methyl sites for hydroxylation is 1. The van der Waals surface area contributed by atoms with E-state index in [2.05, 4.69) is 24.7 Å². The number of benzene rings is 1. The van der Waals surface area contributed by atoms with Crippen LogP contribution in [0.3, 0.4) is 0 Å². The van der Waals surface area contributed by atoms with Gasteiger partial charge in [0.05, 0.1) is 30.4 Å². The monoisotopic (exact) mass is 420 g/mol. The van der Waals surface area contributed by atoms with Gasteiger partial charge in [-0.1, -0.05) is 23.5 Å². The Hall–Kier alpha value is -3.19. The molecule has 0 saturated carbocycles. The fourth-order valence-corrected chi connectivity index (χ4v) is 4.26. The van der Waals surface area contributed by atoms with E-state index in [-0.39, 0.29) is 5.78 Å². The molecule has 0 aliphatic carbocycles. The maximum absolute atomic E-state index is 13.5. The van der Waals surface area contributed by atoms with Crippen LogP contribution in [0.15, 0.2) is 30.6 Å². The molecule has 2 N–H and O–H groups in total. The van der Waals surface area contributed by atoms with Gasteiger partial charge in [-0.15, -0.1) is 0 Å². The lowest BCUT2D eigenvalue weighted by atomic mass is 10.0. The zero-order valence-electron chi connectivity index (χ0n) is 16.5. The fraction of sp³-hybridized carbons (Fsp3) is 0.286. The van der Waals surface area contributed by atoms with Crippen molar-refractivity contribution in [1.82, 2.24) is 15.0 Å². The lowest BCUT2D eigenvalue weighted by Crippen LogP contribution is -2.36. The predicted molar refractivity (Wildman–Crippen MR) is 115 cm³/mol. The fourth-order valence-electron chi connectivity index (χ4n) is 3.19. The molecule has 1 aromatic carbocycles. The summed E-state index contributed by atoms with van der Waals surface area (Å²) in [5.41, 5.74) is 8.46. The molecular formula is C21H20N6O2S. The Morgan fingerprint density at radius 3 is 2.70 bits per heavy atom. The zero-order valence-corrected chi connectivity index (χ0v) is 17.3. The largest absolute Gasteiger partial charge is 0.378 e. The summed E-state index contributed by atoms with van der Waals surface area (Å²) in [6.45, 7) is 12.3. The minimum atomic E-state index is -0.184. The Morgan fingerprint density at radius 1 is 1.30 bits per heavy atom. The Balaban J connectivity index is 1.74. The smallest absolute Gasteiger partial charge is 0.204 e. The van der Waals surface area contributed by atoms with E-state index in [9.17, 15) is 4.79 Å². The molecule has 0 spiro atoms. The number of aromatic nitrogens is 3. The first-order valence-electron chi connectivity index (χ1n) is 9.48. The first-order chi connectivity index (χ1) is 14.6. The quantitative estimate of drug-likeness (QED) is 0.500. The lowest BCUT2D eigenvalue weighted by molar-refractivity contribution is 0.104. The number of ether oxygens (including phenoxy) is 1. The second-order valence-electron chi connectivity index (χ2n) is 6.80. The van der Waals surface area contributed by atoms with Gasteiger partial charge in [-0.25, -0.2) is 19.8 Å². The van der Waals surface area contributed by atoms with E-state index in [1.165, 1.54) is 11.3 Å². The molecule has 1 aliphatic rings. The summed E-state index contributed by atoms with van der Waals surface area (Å²) >= 11 is 1.37. The molecule has 1 fully saturated rings. The van der Waals surface area contributed by atoms with E-state index in [4.69, 9.17) is 17.0 Å². The molecule has 1 aliphatic heterocycles. The highest BCUT2D eigenvalue weighted by atomic mass is 32.1. The topological polar surface area (TPSA) is 98.6 Å². The summed E-state index contributed by atoms with van der Waals surface area (Å²) in [6, 6.07) is 4.98. The van der Waals surface area contributed by atoms with Crippen molar-refractivity contribution in [2.45, 2.75) is 13.5 Å². The third-order valence-electron chi connectivity index (χ3n) is 4.83. The minimum Gasteiger partial charge on any atom is -0.378 e. The van der Waals surface area contributed by atoms with Gasteiger partial charge in [0.15, 0.2) is 16.6 Å². The molecule has 3 heterocycles. The molecule has 3 aromatic rings. The van der Waals surface area contributed by atoms with E-state index in [0.29, 0.717) is 53.0 Å². The minimum absolute atomic E-state index is 0.184. The molecule has 9 heteroatoms. The van der Waals surface area contributed by atoms with Crippen molar-refractivity contribution >= 4 is 27.9 Å². The molecule has 0 atom stereocenters. The van der Waals surface area contributed by atoms with Gasteiger partial charge in [0, 0.05) is 48.7 Å². The standard InChI is InChI=1S/C21H20N6O2S/c1-13-19(30-21(26-13)27-5-7-29-8-6-27)18(28)17-9-15(23-2)3-4-16(17)20-24-11-14(10-22)12-25-20/h3-4,9,11-12H,5-8,10,22H2,1H3. The average molecular weight is 420 g/mol. The van der Waals surface area contributed by atoms with Crippen LogP contribution < -0.4 is 10.6 Å². The summed E-state index contributed by atoms with van der Waals surface area (Å²) in [4.78, 5) is 33.0. The van der Waals surface area contributed by atoms with Crippen LogP contribution in [0.25, 0.3) is 16.2 Å². The van der Waals surface area contributed by atoms with Crippen molar-refractivity contribution in [2.75, 3.05) is 31.2 Å². The van der Waals surface area contributed by atoms with Crippen molar-refractivity contribution in [1.29, 1.82) is 0 Å². The maximum Gasteiger partial charge on any atom is 0.204 e. The van der Waals surface area contributed by atoms with E-state index in [1.807, 2.05) is 6.92 Å². The Morgan fingerprint density at radius 2 is 2.03 bits per heavy atom. The van der Waals surface area contributed by atoms with Crippen LogP contribution in [0.5, 0.6) is 0 Å². The highest BCUT2D eigenvalue weighted by Gasteiger charge is 2.24. The lowest BCUT2D eigenvalue weighted by Gasteiger charge is -2.26. The van der Waals surface area contributed by atoms with Crippen molar-refractivity contribution in [3.63, 3.8) is 0 Å². The van der Waals surface area contributed by atoms with Crippen LogP contribution in [0.4, 0.5) is 10.8 Å². The van der Waals surface area contributed by atoms with Crippen LogP contribution in [0, 0.1) is 13.5 Å². The van der Waals surface area contributed by atoms with Gasteiger partial charge in [-0.3, -0.25) is 4.79 Å². The Bertz CT molecular complexity index is 1110. The van der Waals surface area contributed by atoms with Crippen LogP contribution in [-0.4, -0.2) is 47.0 Å². The number of thiazole rings is 1.